The van der Waals surface area contributed by atoms with Gasteiger partial charge in [-0.1, -0.05) is 30.3 Å². The van der Waals surface area contributed by atoms with Crippen LogP contribution in [0.2, 0.25) is 0 Å². The number of allylic oxidation sites excluding steroid dienone is 1. The number of fused-ring (bicyclic) bond motifs is 1. The zero-order chi connectivity index (χ0) is 15.4. The number of halogens is 1. The van der Waals surface area contributed by atoms with Crippen LogP contribution in [0.1, 0.15) is 11.1 Å². The molecule has 0 aliphatic heterocycles. The molecule has 3 rings (SSSR count). The smallest absolute Gasteiger partial charge is 0.257 e. The van der Waals surface area contributed by atoms with Gasteiger partial charge in [-0.3, -0.25) is 15.6 Å². The van der Waals surface area contributed by atoms with E-state index in [1.54, 1.807) is 12.1 Å². The second-order valence-corrected chi connectivity index (χ2v) is 5.01. The summed E-state index contributed by atoms with van der Waals surface area (Å²) in [5, 5.41) is 2.93. The lowest BCUT2D eigenvalue weighted by Gasteiger charge is -2.12. The van der Waals surface area contributed by atoms with Crippen LogP contribution in [-0.4, -0.2) is 12.5 Å². The molecule has 2 aromatic rings. The predicted octanol–water partition coefficient (Wildman–Crippen LogP) is 2.46. The van der Waals surface area contributed by atoms with Gasteiger partial charge in [0.2, 0.25) is 0 Å². The van der Waals surface area contributed by atoms with Gasteiger partial charge in [0.1, 0.15) is 5.82 Å². The molecule has 1 amide bonds. The summed E-state index contributed by atoms with van der Waals surface area (Å²) in [6.45, 7) is 0.105. The summed E-state index contributed by atoms with van der Waals surface area (Å²) in [6, 6.07) is 13.9. The molecule has 5 heteroatoms. The first-order chi connectivity index (χ1) is 10.7. The molecule has 2 aromatic carbocycles. The summed E-state index contributed by atoms with van der Waals surface area (Å²) in [6.07, 6.45) is 2.90. The lowest BCUT2D eigenvalue weighted by atomic mass is 10.1. The number of rotatable bonds is 5. The molecule has 4 nitrogen and oxygen atoms in total. The topological polar surface area (TPSA) is 53.2 Å². The van der Waals surface area contributed by atoms with E-state index in [1.165, 1.54) is 17.7 Å². The van der Waals surface area contributed by atoms with Gasteiger partial charge in [0, 0.05) is 11.3 Å². The molecule has 0 spiro atoms. The van der Waals surface area contributed by atoms with Crippen LogP contribution >= 0.6 is 0 Å². The van der Waals surface area contributed by atoms with Crippen molar-refractivity contribution in [2.45, 2.75) is 6.42 Å². The molecule has 1 aliphatic carbocycles. The number of benzene rings is 2. The van der Waals surface area contributed by atoms with Gasteiger partial charge in [-0.05, 0) is 36.2 Å². The van der Waals surface area contributed by atoms with E-state index >= 15 is 0 Å². The zero-order valence-corrected chi connectivity index (χ0v) is 11.9. The van der Waals surface area contributed by atoms with E-state index in [4.69, 9.17) is 0 Å². The average Bonchev–Trinajstić information content (AvgIpc) is 2.96. The highest BCUT2D eigenvalue weighted by Gasteiger charge is 2.13. The number of hydrogen-bond acceptors (Lipinski definition) is 3. The fourth-order valence-corrected chi connectivity index (χ4v) is 2.33. The first-order valence-corrected chi connectivity index (χ1v) is 7.05. The minimum absolute atomic E-state index is 0.105. The lowest BCUT2D eigenvalue weighted by Crippen LogP contribution is -2.39. The molecule has 112 valence electrons. The van der Waals surface area contributed by atoms with E-state index in [-0.39, 0.29) is 18.3 Å². The predicted molar refractivity (Wildman–Crippen MR) is 84.3 cm³/mol. The summed E-state index contributed by atoms with van der Waals surface area (Å²) in [7, 11) is 0. The molecule has 0 fully saturated rings. The fraction of sp³-hybridized carbons (Fsp3) is 0.118. The number of amides is 1. The summed E-state index contributed by atoms with van der Waals surface area (Å²) in [5.74, 6) is -0.502. The third-order valence-electron chi connectivity index (χ3n) is 3.47. The molecule has 22 heavy (non-hydrogen) atoms. The van der Waals surface area contributed by atoms with Crippen molar-refractivity contribution in [1.29, 1.82) is 0 Å². The third-order valence-corrected chi connectivity index (χ3v) is 3.47. The molecule has 0 radical (unpaired) electrons. The van der Waals surface area contributed by atoms with Crippen molar-refractivity contribution in [3.63, 3.8) is 0 Å². The number of anilines is 1. The summed E-state index contributed by atoms with van der Waals surface area (Å²) in [4.78, 5) is 11.8. The number of nitrogens with one attached hydrogen (secondary N) is 3. The van der Waals surface area contributed by atoms with E-state index in [0.29, 0.717) is 5.69 Å². The zero-order valence-electron chi connectivity index (χ0n) is 11.9. The number of carbonyl (C=O) groups excluding carboxylic acids is 1. The van der Waals surface area contributed by atoms with Crippen molar-refractivity contribution in [1.82, 2.24) is 10.9 Å². The maximum atomic E-state index is 12.8. The Kier molecular flexibility index (Phi) is 4.05. The van der Waals surface area contributed by atoms with Gasteiger partial charge in [-0.2, -0.15) is 0 Å². The molecule has 0 saturated carbocycles. The maximum absolute atomic E-state index is 12.8. The Morgan fingerprint density at radius 1 is 1.09 bits per heavy atom. The summed E-state index contributed by atoms with van der Waals surface area (Å²) < 4.78 is 12.8. The van der Waals surface area contributed by atoms with Crippen LogP contribution in [0.25, 0.3) is 5.70 Å². The van der Waals surface area contributed by atoms with Crippen LogP contribution < -0.4 is 16.2 Å². The van der Waals surface area contributed by atoms with Gasteiger partial charge < -0.3 is 5.32 Å². The highest BCUT2D eigenvalue weighted by atomic mass is 19.1. The largest absolute Gasteiger partial charge is 0.376 e. The van der Waals surface area contributed by atoms with Crippen molar-refractivity contribution in [2.24, 2.45) is 0 Å². The van der Waals surface area contributed by atoms with E-state index in [9.17, 15) is 9.18 Å². The van der Waals surface area contributed by atoms with E-state index in [1.807, 2.05) is 24.3 Å². The first-order valence-electron chi connectivity index (χ1n) is 7.05. The molecule has 0 atom stereocenters. The Balaban J connectivity index is 1.48. The van der Waals surface area contributed by atoms with Gasteiger partial charge in [-0.25, -0.2) is 4.39 Å². The van der Waals surface area contributed by atoms with Crippen LogP contribution in [0.15, 0.2) is 54.6 Å². The molecule has 0 unspecified atom stereocenters. The van der Waals surface area contributed by atoms with Crippen LogP contribution in [0.4, 0.5) is 10.1 Å². The van der Waals surface area contributed by atoms with Crippen molar-refractivity contribution in [3.8, 4) is 0 Å². The van der Waals surface area contributed by atoms with Crippen molar-refractivity contribution in [2.75, 3.05) is 11.9 Å². The second-order valence-electron chi connectivity index (χ2n) is 5.01. The Labute approximate surface area is 128 Å². The Morgan fingerprint density at radius 3 is 2.68 bits per heavy atom. The molecule has 3 N–H and O–H groups in total. The molecular formula is C17H16FN3O. The highest BCUT2D eigenvalue weighted by molar-refractivity contribution is 5.82. The normalized spacial score (nSPS) is 12.3. The van der Waals surface area contributed by atoms with Crippen LogP contribution in [-0.2, 0) is 11.2 Å². The molecule has 0 heterocycles. The Bertz CT molecular complexity index is 710. The lowest BCUT2D eigenvalue weighted by molar-refractivity contribution is -0.120. The van der Waals surface area contributed by atoms with Gasteiger partial charge >= 0.3 is 0 Å². The van der Waals surface area contributed by atoms with Gasteiger partial charge in [-0.15, -0.1) is 0 Å². The average molecular weight is 297 g/mol. The SMILES string of the molecule is O=C(CNc1ccc(F)cc1)NNC1=CCc2ccccc21. The monoisotopic (exact) mass is 297 g/mol. The molecule has 1 aliphatic rings. The molecule has 0 saturated heterocycles. The van der Waals surface area contributed by atoms with Gasteiger partial charge in [0.05, 0.1) is 12.2 Å². The highest BCUT2D eigenvalue weighted by Crippen LogP contribution is 2.24. The van der Waals surface area contributed by atoms with Crippen molar-refractivity contribution < 1.29 is 9.18 Å². The van der Waals surface area contributed by atoms with E-state index in [2.05, 4.69) is 22.2 Å². The third kappa shape index (κ3) is 3.25. The molecule has 0 bridgehead atoms. The minimum Gasteiger partial charge on any atom is -0.376 e. The second kappa shape index (κ2) is 6.30. The van der Waals surface area contributed by atoms with Crippen LogP contribution in [0, 0.1) is 5.82 Å². The van der Waals surface area contributed by atoms with Crippen LogP contribution in [0.3, 0.4) is 0 Å². The van der Waals surface area contributed by atoms with Crippen LogP contribution in [0.5, 0.6) is 0 Å². The minimum atomic E-state index is -0.302. The van der Waals surface area contributed by atoms with E-state index in [0.717, 1.165) is 17.7 Å². The summed E-state index contributed by atoms with van der Waals surface area (Å²) >= 11 is 0. The quantitative estimate of drug-likeness (QED) is 0.743. The fourth-order valence-electron chi connectivity index (χ4n) is 2.33. The summed E-state index contributed by atoms with van der Waals surface area (Å²) in [5.41, 5.74) is 9.55. The van der Waals surface area contributed by atoms with Crippen molar-refractivity contribution in [3.05, 3.63) is 71.6 Å². The molecule has 0 aromatic heterocycles. The number of carbonyl (C=O) groups is 1. The van der Waals surface area contributed by atoms with Crippen molar-refractivity contribution >= 4 is 17.3 Å². The van der Waals surface area contributed by atoms with Gasteiger partial charge in [0.15, 0.2) is 0 Å². The first kappa shape index (κ1) is 14.1. The van der Waals surface area contributed by atoms with Gasteiger partial charge in [0.25, 0.3) is 5.91 Å². The molecular weight excluding hydrogens is 281 g/mol. The number of hydrazine groups is 1. The Morgan fingerprint density at radius 2 is 1.86 bits per heavy atom. The Hall–Kier alpha value is -2.82. The number of hydrogen-bond donors (Lipinski definition) is 3. The van der Waals surface area contributed by atoms with E-state index < -0.39 is 0 Å². The standard InChI is InChI=1S/C17H16FN3O/c18-13-6-8-14(9-7-13)19-11-17(22)21-20-16-10-5-12-3-1-2-4-15(12)16/h1-4,6-10,19-20H,5,11H2,(H,21,22). The maximum Gasteiger partial charge on any atom is 0.257 e.